The highest BCUT2D eigenvalue weighted by Gasteiger charge is 2.26. The fourth-order valence-corrected chi connectivity index (χ4v) is 3.88. The molecule has 0 bridgehead atoms. The molecule has 22 heavy (non-hydrogen) atoms. The van der Waals surface area contributed by atoms with Gasteiger partial charge in [0.15, 0.2) is 0 Å². The van der Waals surface area contributed by atoms with Gasteiger partial charge in [0, 0.05) is 26.2 Å². The molecule has 2 fully saturated rings. The second kappa shape index (κ2) is 7.32. The van der Waals surface area contributed by atoms with Crippen LogP contribution in [-0.2, 0) is 20.5 Å². The first-order valence-electron chi connectivity index (χ1n) is 7.48. The molecule has 0 N–H and O–H groups in total. The third-order valence-electron chi connectivity index (χ3n) is 3.81. The maximum atomic E-state index is 12.8. The number of nitrogens with zero attached hydrogens (tertiary/aromatic N) is 2. The van der Waals surface area contributed by atoms with Crippen molar-refractivity contribution in [1.82, 2.24) is 9.21 Å². The first-order chi connectivity index (χ1) is 10.8. The van der Waals surface area contributed by atoms with Crippen LogP contribution in [0.25, 0.3) is 0 Å². The van der Waals surface area contributed by atoms with Crippen LogP contribution < -0.4 is 0 Å². The SMILES string of the molecule is O=C(c1ccccc1[S@@](=O)N1CCOCC1)N1CCOCC1. The maximum Gasteiger partial charge on any atom is 0.255 e. The van der Waals surface area contributed by atoms with E-state index in [0.717, 1.165) is 0 Å². The van der Waals surface area contributed by atoms with Crippen LogP contribution in [-0.4, -0.2) is 71.9 Å². The molecule has 2 aliphatic heterocycles. The number of carbonyl (C=O) groups is 1. The molecule has 2 aliphatic rings. The summed E-state index contributed by atoms with van der Waals surface area (Å²) in [5, 5.41) is 0. The van der Waals surface area contributed by atoms with Crippen molar-refractivity contribution in [3.8, 4) is 0 Å². The third-order valence-corrected chi connectivity index (χ3v) is 5.37. The second-order valence-corrected chi connectivity index (χ2v) is 6.65. The molecule has 1 aromatic rings. The molecule has 7 heteroatoms. The van der Waals surface area contributed by atoms with Gasteiger partial charge in [-0.25, -0.2) is 8.51 Å². The van der Waals surface area contributed by atoms with Crippen molar-refractivity contribution in [1.29, 1.82) is 0 Å². The zero-order valence-electron chi connectivity index (χ0n) is 12.4. The van der Waals surface area contributed by atoms with E-state index >= 15 is 0 Å². The number of hydrogen-bond donors (Lipinski definition) is 0. The van der Waals surface area contributed by atoms with Crippen molar-refractivity contribution in [2.24, 2.45) is 0 Å². The predicted molar refractivity (Wildman–Crippen MR) is 82.0 cm³/mol. The number of morpholine rings is 2. The van der Waals surface area contributed by atoms with Crippen LogP contribution >= 0.6 is 0 Å². The lowest BCUT2D eigenvalue weighted by atomic mass is 10.2. The fourth-order valence-electron chi connectivity index (χ4n) is 2.58. The Hall–Kier alpha value is -1.28. The number of hydrogen-bond acceptors (Lipinski definition) is 4. The highest BCUT2D eigenvalue weighted by Crippen LogP contribution is 2.19. The van der Waals surface area contributed by atoms with Gasteiger partial charge in [0.05, 0.1) is 36.9 Å². The topological polar surface area (TPSA) is 59.1 Å². The number of carbonyl (C=O) groups excluding carboxylic acids is 1. The zero-order valence-corrected chi connectivity index (χ0v) is 13.2. The molecule has 120 valence electrons. The summed E-state index contributed by atoms with van der Waals surface area (Å²) in [6.45, 7) is 4.66. The van der Waals surface area contributed by atoms with Gasteiger partial charge in [0.25, 0.3) is 5.91 Å². The molecular weight excluding hydrogens is 304 g/mol. The lowest BCUT2D eigenvalue weighted by molar-refractivity contribution is 0.0300. The van der Waals surface area contributed by atoms with Crippen LogP contribution in [0.1, 0.15) is 10.4 Å². The van der Waals surface area contributed by atoms with Gasteiger partial charge in [0.1, 0.15) is 11.0 Å². The molecule has 0 aromatic heterocycles. The van der Waals surface area contributed by atoms with Gasteiger partial charge in [-0.15, -0.1) is 0 Å². The van der Waals surface area contributed by atoms with Crippen molar-refractivity contribution in [3.05, 3.63) is 29.8 Å². The van der Waals surface area contributed by atoms with Crippen molar-refractivity contribution < 1.29 is 18.5 Å². The third kappa shape index (κ3) is 3.38. The Morgan fingerprint density at radius 1 is 0.955 bits per heavy atom. The smallest absolute Gasteiger partial charge is 0.255 e. The molecule has 0 aliphatic carbocycles. The number of ether oxygens (including phenoxy) is 2. The quantitative estimate of drug-likeness (QED) is 0.813. The molecule has 0 unspecified atom stereocenters. The van der Waals surface area contributed by atoms with Crippen LogP contribution in [0.5, 0.6) is 0 Å². The summed E-state index contributed by atoms with van der Waals surface area (Å²) < 4.78 is 25.2. The molecule has 2 saturated heterocycles. The monoisotopic (exact) mass is 324 g/mol. The molecule has 0 saturated carbocycles. The molecule has 0 radical (unpaired) electrons. The predicted octanol–water partition coefficient (Wildman–Crippen LogP) is 0.514. The Morgan fingerprint density at radius 3 is 2.23 bits per heavy atom. The van der Waals surface area contributed by atoms with E-state index < -0.39 is 11.0 Å². The Morgan fingerprint density at radius 2 is 1.55 bits per heavy atom. The van der Waals surface area contributed by atoms with Crippen molar-refractivity contribution in [2.45, 2.75) is 4.90 Å². The van der Waals surface area contributed by atoms with Crippen molar-refractivity contribution in [3.63, 3.8) is 0 Å². The molecular formula is C15H20N2O4S. The van der Waals surface area contributed by atoms with Crippen LogP contribution in [0.15, 0.2) is 29.2 Å². The summed E-state index contributed by atoms with van der Waals surface area (Å²) >= 11 is 0. The van der Waals surface area contributed by atoms with E-state index in [2.05, 4.69) is 0 Å². The minimum Gasteiger partial charge on any atom is -0.379 e. The average molecular weight is 324 g/mol. The Labute approximate surface area is 132 Å². The maximum absolute atomic E-state index is 12.8. The highest BCUT2D eigenvalue weighted by molar-refractivity contribution is 7.82. The molecule has 6 nitrogen and oxygen atoms in total. The van der Waals surface area contributed by atoms with Gasteiger partial charge in [0.2, 0.25) is 0 Å². The molecule has 2 heterocycles. The summed E-state index contributed by atoms with van der Waals surface area (Å²) in [6.07, 6.45) is 0. The normalized spacial score (nSPS) is 21.5. The van der Waals surface area contributed by atoms with E-state index in [1.54, 1.807) is 17.0 Å². The van der Waals surface area contributed by atoms with E-state index in [0.29, 0.717) is 63.1 Å². The molecule has 1 aromatic carbocycles. The number of benzene rings is 1. The van der Waals surface area contributed by atoms with E-state index in [9.17, 15) is 9.00 Å². The van der Waals surface area contributed by atoms with Crippen LogP contribution in [0, 0.1) is 0 Å². The molecule has 1 atom stereocenters. The van der Waals surface area contributed by atoms with Crippen molar-refractivity contribution in [2.75, 3.05) is 52.6 Å². The van der Waals surface area contributed by atoms with E-state index in [1.165, 1.54) is 0 Å². The Bertz CT molecular complexity index is 505. The largest absolute Gasteiger partial charge is 0.379 e. The summed E-state index contributed by atoms with van der Waals surface area (Å²) in [6, 6.07) is 7.17. The standard InChI is InChI=1S/C15H20N2O4S/c18-15(16-5-9-20-10-6-16)13-3-1-2-4-14(13)22(19)17-7-11-21-12-8-17/h1-4H,5-12H2/t22-/m1/s1. The lowest BCUT2D eigenvalue weighted by Gasteiger charge is -2.29. The Balaban J connectivity index is 1.82. The summed E-state index contributed by atoms with van der Waals surface area (Å²) in [7, 11) is -1.33. The summed E-state index contributed by atoms with van der Waals surface area (Å²) in [5.41, 5.74) is 0.522. The van der Waals surface area contributed by atoms with E-state index in [-0.39, 0.29) is 5.91 Å². The van der Waals surface area contributed by atoms with Gasteiger partial charge >= 0.3 is 0 Å². The zero-order chi connectivity index (χ0) is 15.4. The van der Waals surface area contributed by atoms with E-state index in [1.807, 2.05) is 16.4 Å². The second-order valence-electron chi connectivity index (χ2n) is 5.19. The minimum atomic E-state index is -1.33. The summed E-state index contributed by atoms with van der Waals surface area (Å²) in [5.74, 6) is -0.0690. The van der Waals surface area contributed by atoms with Gasteiger partial charge < -0.3 is 14.4 Å². The van der Waals surface area contributed by atoms with Crippen molar-refractivity contribution >= 4 is 16.9 Å². The first-order valence-corrected chi connectivity index (χ1v) is 8.58. The average Bonchev–Trinajstić information content (AvgIpc) is 2.62. The first kappa shape index (κ1) is 15.6. The molecule has 3 rings (SSSR count). The van der Waals surface area contributed by atoms with Crippen LogP contribution in [0.2, 0.25) is 0 Å². The van der Waals surface area contributed by atoms with Gasteiger partial charge in [-0.05, 0) is 12.1 Å². The fraction of sp³-hybridized carbons (Fsp3) is 0.533. The number of amides is 1. The molecule has 0 spiro atoms. The van der Waals surface area contributed by atoms with Gasteiger partial charge in [-0.1, -0.05) is 12.1 Å². The minimum absolute atomic E-state index is 0.0690. The molecule has 1 amide bonds. The van der Waals surface area contributed by atoms with Crippen LogP contribution in [0.4, 0.5) is 0 Å². The van der Waals surface area contributed by atoms with Gasteiger partial charge in [-0.3, -0.25) is 4.79 Å². The highest BCUT2D eigenvalue weighted by atomic mass is 32.2. The lowest BCUT2D eigenvalue weighted by Crippen LogP contribution is -2.42. The summed E-state index contributed by atoms with van der Waals surface area (Å²) in [4.78, 5) is 15.0. The van der Waals surface area contributed by atoms with Gasteiger partial charge in [-0.2, -0.15) is 0 Å². The van der Waals surface area contributed by atoms with Crippen LogP contribution in [0.3, 0.4) is 0 Å². The Kier molecular flexibility index (Phi) is 5.20. The van der Waals surface area contributed by atoms with E-state index in [4.69, 9.17) is 9.47 Å². The number of rotatable bonds is 3.